The first kappa shape index (κ1) is 10.3. The first-order chi connectivity index (χ1) is 7.26. The average molecular weight is 241 g/mol. The molecule has 0 aromatic carbocycles. The molecule has 2 heterocycles. The van der Waals surface area contributed by atoms with Gasteiger partial charge in [-0.25, -0.2) is 4.79 Å². The van der Waals surface area contributed by atoms with Crippen molar-refractivity contribution in [1.29, 1.82) is 0 Å². The molecule has 0 unspecified atom stereocenters. The Hall–Kier alpha value is -1.27. The lowest BCUT2D eigenvalue weighted by Crippen LogP contribution is -2.01. The van der Waals surface area contributed by atoms with Crippen LogP contribution in [0.3, 0.4) is 0 Å². The zero-order valence-corrected chi connectivity index (χ0v) is 9.48. The number of aldehydes is 1. The Morgan fingerprint density at radius 1 is 1.67 bits per heavy atom. The summed E-state index contributed by atoms with van der Waals surface area (Å²) in [4.78, 5) is 23.8. The molecule has 6 heteroatoms. The number of aromatic nitrogens is 1. The minimum Gasteiger partial charge on any atom is -0.462 e. The molecule has 78 valence electrons. The summed E-state index contributed by atoms with van der Waals surface area (Å²) in [5.41, 5.74) is 0. The Balaban J connectivity index is 2.43. The van der Waals surface area contributed by atoms with Gasteiger partial charge in [-0.3, -0.25) is 4.79 Å². The van der Waals surface area contributed by atoms with Crippen molar-refractivity contribution < 1.29 is 14.3 Å². The van der Waals surface area contributed by atoms with Crippen molar-refractivity contribution in [2.45, 2.75) is 6.92 Å². The monoisotopic (exact) mass is 241 g/mol. The summed E-state index contributed by atoms with van der Waals surface area (Å²) in [6, 6.07) is 1.66. The van der Waals surface area contributed by atoms with Gasteiger partial charge in [-0.05, 0) is 24.5 Å². The van der Waals surface area contributed by atoms with Crippen LogP contribution < -0.4 is 0 Å². The zero-order chi connectivity index (χ0) is 10.8. The molecular formula is C9H7NO3S2. The topological polar surface area (TPSA) is 56.3 Å². The molecule has 4 nitrogen and oxygen atoms in total. The molecule has 2 rings (SSSR count). The summed E-state index contributed by atoms with van der Waals surface area (Å²) >= 11 is 2.39. The fraction of sp³-hybridized carbons (Fsp3) is 0.222. The van der Waals surface area contributed by atoms with Crippen LogP contribution in [0.25, 0.3) is 10.2 Å². The molecule has 0 amide bonds. The molecule has 0 aliphatic carbocycles. The second kappa shape index (κ2) is 4.08. The minimum absolute atomic E-state index is 0.345. The Morgan fingerprint density at radius 2 is 2.47 bits per heavy atom. The van der Waals surface area contributed by atoms with Gasteiger partial charge in [0.25, 0.3) is 0 Å². The fourth-order valence-corrected chi connectivity index (χ4v) is 2.86. The molecule has 15 heavy (non-hydrogen) atoms. The zero-order valence-electron chi connectivity index (χ0n) is 7.85. The Morgan fingerprint density at radius 3 is 3.13 bits per heavy atom. The molecule has 0 radical (unpaired) electrons. The Kier molecular flexibility index (Phi) is 2.79. The van der Waals surface area contributed by atoms with Crippen LogP contribution in [0.1, 0.15) is 26.3 Å². The third-order valence-corrected chi connectivity index (χ3v) is 3.70. The van der Waals surface area contributed by atoms with Crippen molar-refractivity contribution in [3.8, 4) is 0 Å². The van der Waals surface area contributed by atoms with E-state index in [0.29, 0.717) is 21.2 Å². The van der Waals surface area contributed by atoms with E-state index < -0.39 is 0 Å². The maximum absolute atomic E-state index is 11.4. The van der Waals surface area contributed by atoms with E-state index in [2.05, 4.69) is 4.37 Å². The van der Waals surface area contributed by atoms with Gasteiger partial charge in [-0.1, -0.05) is 0 Å². The fourth-order valence-electron chi connectivity index (χ4n) is 1.15. The number of esters is 1. The van der Waals surface area contributed by atoms with Gasteiger partial charge in [-0.15, -0.1) is 11.3 Å². The normalized spacial score (nSPS) is 10.5. The molecule has 0 spiro atoms. The summed E-state index contributed by atoms with van der Waals surface area (Å²) in [6.07, 6.45) is 0.752. The molecule has 2 aromatic rings. The number of nitrogens with zero attached hydrogens (tertiary/aromatic N) is 1. The maximum Gasteiger partial charge on any atom is 0.348 e. The molecule has 0 atom stereocenters. The molecule has 0 aliphatic heterocycles. The quantitative estimate of drug-likeness (QED) is 0.611. The molecule has 2 aromatic heterocycles. The van der Waals surface area contributed by atoms with E-state index >= 15 is 0 Å². The van der Waals surface area contributed by atoms with Crippen LogP contribution in [0.2, 0.25) is 0 Å². The lowest BCUT2D eigenvalue weighted by molar-refractivity contribution is 0.0532. The number of carbonyl (C=O) groups excluding carboxylic acids is 2. The summed E-state index contributed by atoms with van der Waals surface area (Å²) < 4.78 is 8.93. The standard InChI is InChI=1S/C9H7NO3S2/c1-2-13-9(12)6-3-5-7(4-11)15-10-8(5)14-6/h3-4H,2H2,1H3. The predicted molar refractivity (Wildman–Crippen MR) is 58.8 cm³/mol. The lowest BCUT2D eigenvalue weighted by atomic mass is 10.3. The molecule has 0 saturated heterocycles. The minimum atomic E-state index is -0.359. The second-order valence-electron chi connectivity index (χ2n) is 2.71. The third-order valence-electron chi connectivity index (χ3n) is 1.79. The number of hydrogen-bond acceptors (Lipinski definition) is 6. The van der Waals surface area contributed by atoms with Crippen molar-refractivity contribution in [2.75, 3.05) is 6.61 Å². The highest BCUT2D eigenvalue weighted by molar-refractivity contribution is 7.23. The van der Waals surface area contributed by atoms with Crippen LogP contribution in [-0.2, 0) is 4.74 Å². The number of ether oxygens (including phenoxy) is 1. The molecule has 0 fully saturated rings. The number of rotatable bonds is 3. The number of carbonyl (C=O) groups is 2. The number of thiophene rings is 1. The van der Waals surface area contributed by atoms with E-state index in [1.165, 1.54) is 11.3 Å². The maximum atomic E-state index is 11.4. The van der Waals surface area contributed by atoms with Gasteiger partial charge in [0.15, 0.2) is 6.29 Å². The van der Waals surface area contributed by atoms with Crippen LogP contribution in [0.4, 0.5) is 0 Å². The van der Waals surface area contributed by atoms with Gasteiger partial charge in [-0.2, -0.15) is 4.37 Å². The van der Waals surface area contributed by atoms with Crippen LogP contribution >= 0.6 is 22.9 Å². The van der Waals surface area contributed by atoms with Crippen LogP contribution in [-0.4, -0.2) is 23.2 Å². The molecule has 0 bridgehead atoms. The van der Waals surface area contributed by atoms with E-state index in [9.17, 15) is 9.59 Å². The van der Waals surface area contributed by atoms with Crippen molar-refractivity contribution in [3.63, 3.8) is 0 Å². The first-order valence-electron chi connectivity index (χ1n) is 4.27. The van der Waals surface area contributed by atoms with Gasteiger partial charge < -0.3 is 4.74 Å². The average Bonchev–Trinajstić information content (AvgIpc) is 2.76. The van der Waals surface area contributed by atoms with Gasteiger partial charge in [0.1, 0.15) is 9.71 Å². The lowest BCUT2D eigenvalue weighted by Gasteiger charge is -1.95. The van der Waals surface area contributed by atoms with Crippen LogP contribution in [0.5, 0.6) is 0 Å². The Labute approximate surface area is 93.7 Å². The van der Waals surface area contributed by atoms with Crippen molar-refractivity contribution in [2.24, 2.45) is 0 Å². The molecular weight excluding hydrogens is 234 g/mol. The van der Waals surface area contributed by atoms with Gasteiger partial charge in [0.2, 0.25) is 0 Å². The molecule has 0 N–H and O–H groups in total. The number of fused-ring (bicyclic) bond motifs is 1. The first-order valence-corrected chi connectivity index (χ1v) is 5.86. The molecule has 0 aliphatic rings. The van der Waals surface area contributed by atoms with Crippen LogP contribution in [0.15, 0.2) is 6.07 Å². The van der Waals surface area contributed by atoms with Crippen molar-refractivity contribution >= 4 is 45.3 Å². The molecule has 0 saturated carbocycles. The summed E-state index contributed by atoms with van der Waals surface area (Å²) in [6.45, 7) is 2.10. The smallest absolute Gasteiger partial charge is 0.348 e. The van der Waals surface area contributed by atoms with E-state index in [-0.39, 0.29) is 5.97 Å². The Bertz CT molecular complexity index is 514. The van der Waals surface area contributed by atoms with Gasteiger partial charge in [0, 0.05) is 5.39 Å². The highest BCUT2D eigenvalue weighted by Crippen LogP contribution is 2.29. The largest absolute Gasteiger partial charge is 0.462 e. The van der Waals surface area contributed by atoms with Crippen molar-refractivity contribution in [3.05, 3.63) is 15.8 Å². The van der Waals surface area contributed by atoms with Gasteiger partial charge >= 0.3 is 5.97 Å². The van der Waals surface area contributed by atoms with Crippen LogP contribution in [0, 0.1) is 0 Å². The van der Waals surface area contributed by atoms with Gasteiger partial charge in [0.05, 0.1) is 11.5 Å². The summed E-state index contributed by atoms with van der Waals surface area (Å²) in [5, 5.41) is 0.739. The summed E-state index contributed by atoms with van der Waals surface area (Å²) in [7, 11) is 0. The SMILES string of the molecule is CCOC(=O)c1cc2c(C=O)snc2s1. The van der Waals surface area contributed by atoms with E-state index in [1.54, 1.807) is 13.0 Å². The highest BCUT2D eigenvalue weighted by atomic mass is 32.1. The number of hydrogen-bond donors (Lipinski definition) is 0. The van der Waals surface area contributed by atoms with Crippen molar-refractivity contribution in [1.82, 2.24) is 4.37 Å². The van der Waals surface area contributed by atoms with E-state index in [1.807, 2.05) is 0 Å². The van der Waals surface area contributed by atoms with E-state index in [4.69, 9.17) is 4.74 Å². The second-order valence-corrected chi connectivity index (χ2v) is 4.55. The predicted octanol–water partition coefficient (Wildman–Crippen LogP) is 2.35. The van der Waals surface area contributed by atoms with E-state index in [0.717, 1.165) is 23.2 Å². The highest BCUT2D eigenvalue weighted by Gasteiger charge is 2.15. The summed E-state index contributed by atoms with van der Waals surface area (Å²) in [5.74, 6) is -0.359. The third kappa shape index (κ3) is 1.78.